The smallest absolute Gasteiger partial charge is 0.317 e. The SMILES string of the molecule is NCc1cccc(Cl)c1N1c2ccccc2SC1NC(=O)NCc1ccco1. The van der Waals surface area contributed by atoms with Gasteiger partial charge in [0.25, 0.3) is 0 Å². The Kier molecular flexibility index (Phi) is 5.47. The monoisotopic (exact) mass is 414 g/mol. The molecule has 6 nitrogen and oxygen atoms in total. The van der Waals surface area contributed by atoms with Crippen LogP contribution in [0.1, 0.15) is 11.3 Å². The summed E-state index contributed by atoms with van der Waals surface area (Å²) in [6.45, 7) is 0.653. The molecule has 1 atom stereocenters. The van der Waals surface area contributed by atoms with Crippen LogP contribution >= 0.6 is 23.4 Å². The molecule has 1 unspecified atom stereocenters. The van der Waals surface area contributed by atoms with Gasteiger partial charge in [-0.25, -0.2) is 4.79 Å². The van der Waals surface area contributed by atoms with Crippen molar-refractivity contribution in [2.24, 2.45) is 5.73 Å². The molecular weight excluding hydrogens is 396 g/mol. The largest absolute Gasteiger partial charge is 0.467 e. The Bertz CT molecular complexity index is 980. The molecule has 28 heavy (non-hydrogen) atoms. The summed E-state index contributed by atoms with van der Waals surface area (Å²) in [7, 11) is 0. The maximum Gasteiger partial charge on any atom is 0.317 e. The highest BCUT2D eigenvalue weighted by Gasteiger charge is 2.34. The quantitative estimate of drug-likeness (QED) is 0.575. The molecule has 144 valence electrons. The summed E-state index contributed by atoms with van der Waals surface area (Å²) >= 11 is 8.09. The number of furan rings is 1. The number of hydrogen-bond donors (Lipinski definition) is 3. The number of benzene rings is 2. The lowest BCUT2D eigenvalue weighted by molar-refractivity contribution is 0.239. The van der Waals surface area contributed by atoms with Gasteiger partial charge < -0.3 is 25.7 Å². The molecule has 0 spiro atoms. The lowest BCUT2D eigenvalue weighted by Gasteiger charge is -2.29. The first-order valence-corrected chi connectivity index (χ1v) is 10.0. The summed E-state index contributed by atoms with van der Waals surface area (Å²) in [4.78, 5) is 15.6. The van der Waals surface area contributed by atoms with Crippen molar-refractivity contribution >= 4 is 40.8 Å². The fourth-order valence-corrected chi connectivity index (χ4v) is 4.59. The number of urea groups is 1. The normalized spacial score (nSPS) is 15.4. The lowest BCUT2D eigenvalue weighted by Crippen LogP contribution is -2.46. The molecule has 0 fully saturated rings. The Morgan fingerprint density at radius 1 is 1.18 bits per heavy atom. The van der Waals surface area contributed by atoms with E-state index in [0.717, 1.165) is 21.8 Å². The minimum absolute atomic E-state index is 0.298. The number of anilines is 2. The zero-order chi connectivity index (χ0) is 19.5. The molecule has 0 radical (unpaired) electrons. The Morgan fingerprint density at radius 3 is 2.82 bits per heavy atom. The van der Waals surface area contributed by atoms with Crippen molar-refractivity contribution in [1.29, 1.82) is 0 Å². The van der Waals surface area contributed by atoms with E-state index in [2.05, 4.69) is 10.6 Å². The predicted octanol–water partition coefficient (Wildman–Crippen LogP) is 4.42. The zero-order valence-corrected chi connectivity index (χ0v) is 16.5. The summed E-state index contributed by atoms with van der Waals surface area (Å²) in [6.07, 6.45) is 1.58. The highest BCUT2D eigenvalue weighted by Crippen LogP contribution is 2.49. The molecular formula is C20H19ClN4O2S. The van der Waals surface area contributed by atoms with E-state index in [9.17, 15) is 4.79 Å². The summed E-state index contributed by atoms with van der Waals surface area (Å²) < 4.78 is 5.25. The van der Waals surface area contributed by atoms with E-state index in [0.29, 0.717) is 23.9 Å². The molecule has 1 aliphatic heterocycles. The van der Waals surface area contributed by atoms with Crippen molar-refractivity contribution in [2.75, 3.05) is 4.90 Å². The van der Waals surface area contributed by atoms with Gasteiger partial charge in [-0.3, -0.25) is 0 Å². The molecule has 0 bridgehead atoms. The number of rotatable bonds is 5. The summed E-state index contributed by atoms with van der Waals surface area (Å²) in [6, 6.07) is 16.9. The molecule has 2 aromatic carbocycles. The van der Waals surface area contributed by atoms with Crippen LogP contribution in [0.4, 0.5) is 16.2 Å². The van der Waals surface area contributed by atoms with Gasteiger partial charge in [0.15, 0.2) is 5.50 Å². The van der Waals surface area contributed by atoms with E-state index in [-0.39, 0.29) is 11.5 Å². The first kappa shape index (κ1) is 18.7. The summed E-state index contributed by atoms with van der Waals surface area (Å²) in [5, 5.41) is 6.41. The Hall–Kier alpha value is -2.61. The number of carbonyl (C=O) groups excluding carboxylic acids is 1. The van der Waals surface area contributed by atoms with Crippen LogP contribution in [0, 0.1) is 0 Å². The zero-order valence-electron chi connectivity index (χ0n) is 14.9. The molecule has 4 N–H and O–H groups in total. The predicted molar refractivity (Wildman–Crippen MR) is 112 cm³/mol. The minimum atomic E-state index is -0.362. The molecule has 4 rings (SSSR count). The number of fused-ring (bicyclic) bond motifs is 1. The van der Waals surface area contributed by atoms with Crippen molar-refractivity contribution in [1.82, 2.24) is 10.6 Å². The Morgan fingerprint density at radius 2 is 2.04 bits per heavy atom. The molecule has 0 saturated carbocycles. The average molecular weight is 415 g/mol. The third kappa shape index (κ3) is 3.69. The Balaban J connectivity index is 1.61. The van der Waals surface area contributed by atoms with Crippen molar-refractivity contribution in [3.8, 4) is 0 Å². The van der Waals surface area contributed by atoms with Gasteiger partial charge in [-0.05, 0) is 35.9 Å². The first-order chi connectivity index (χ1) is 13.7. The second kappa shape index (κ2) is 8.18. The number of para-hydroxylation sites is 2. The van der Waals surface area contributed by atoms with Crippen LogP contribution in [0.15, 0.2) is 70.2 Å². The van der Waals surface area contributed by atoms with E-state index >= 15 is 0 Å². The van der Waals surface area contributed by atoms with Crippen LogP contribution in [0.2, 0.25) is 5.02 Å². The van der Waals surface area contributed by atoms with Crippen molar-refractivity contribution in [2.45, 2.75) is 23.5 Å². The highest BCUT2D eigenvalue weighted by molar-refractivity contribution is 8.00. The number of thioether (sulfide) groups is 1. The molecule has 1 aromatic heterocycles. The number of halogens is 1. The molecule has 8 heteroatoms. The maximum absolute atomic E-state index is 12.5. The van der Waals surface area contributed by atoms with E-state index < -0.39 is 0 Å². The highest BCUT2D eigenvalue weighted by atomic mass is 35.5. The molecule has 2 heterocycles. The second-order valence-electron chi connectivity index (χ2n) is 6.17. The first-order valence-electron chi connectivity index (χ1n) is 8.76. The van der Waals surface area contributed by atoms with E-state index in [1.54, 1.807) is 24.1 Å². The van der Waals surface area contributed by atoms with Crippen LogP contribution in [0.25, 0.3) is 0 Å². The number of amides is 2. The molecule has 3 aromatic rings. The van der Waals surface area contributed by atoms with Gasteiger partial charge in [-0.15, -0.1) is 0 Å². The van der Waals surface area contributed by atoms with Crippen molar-refractivity contribution in [3.05, 3.63) is 77.2 Å². The van der Waals surface area contributed by atoms with Crippen molar-refractivity contribution in [3.63, 3.8) is 0 Å². The summed E-state index contributed by atoms with van der Waals surface area (Å²) in [5.74, 6) is 0.686. The van der Waals surface area contributed by atoms with Gasteiger partial charge >= 0.3 is 6.03 Å². The third-order valence-corrected chi connectivity index (χ3v) is 5.84. The number of hydrogen-bond acceptors (Lipinski definition) is 5. The molecule has 0 aliphatic carbocycles. The standard InChI is InChI=1S/C20H19ClN4O2S/c21-15-7-3-5-13(11-22)18(15)25-16-8-1-2-9-17(16)28-20(25)24-19(26)23-12-14-6-4-10-27-14/h1-10,20H,11-12,22H2,(H2,23,24,26). The molecule has 1 aliphatic rings. The van der Waals surface area contributed by atoms with E-state index in [1.165, 1.54) is 0 Å². The third-order valence-electron chi connectivity index (χ3n) is 4.39. The number of nitrogens with one attached hydrogen (secondary N) is 2. The number of nitrogens with two attached hydrogens (primary N) is 1. The van der Waals surface area contributed by atoms with Gasteiger partial charge in [0, 0.05) is 11.4 Å². The molecule has 0 saturated heterocycles. The van der Waals surface area contributed by atoms with E-state index in [1.807, 2.05) is 53.4 Å². The topological polar surface area (TPSA) is 83.5 Å². The fraction of sp³-hybridized carbons (Fsp3) is 0.150. The van der Waals surface area contributed by atoms with E-state index in [4.69, 9.17) is 21.8 Å². The second-order valence-corrected chi connectivity index (χ2v) is 7.70. The van der Waals surface area contributed by atoms with Crippen LogP contribution in [-0.4, -0.2) is 11.5 Å². The molecule has 2 amide bonds. The Labute approximate surface area is 172 Å². The van der Waals surface area contributed by atoms with Crippen LogP contribution in [-0.2, 0) is 13.1 Å². The average Bonchev–Trinajstić information content (AvgIpc) is 3.34. The van der Waals surface area contributed by atoms with Gasteiger partial charge in [-0.2, -0.15) is 0 Å². The number of carbonyl (C=O) groups is 1. The maximum atomic E-state index is 12.5. The minimum Gasteiger partial charge on any atom is -0.467 e. The summed E-state index contributed by atoms with van der Waals surface area (Å²) in [5.41, 5.74) is 8.29. The van der Waals surface area contributed by atoms with Gasteiger partial charge in [0.2, 0.25) is 0 Å². The number of nitrogens with zero attached hydrogens (tertiary/aromatic N) is 1. The van der Waals surface area contributed by atoms with Crippen LogP contribution < -0.4 is 21.3 Å². The van der Waals surface area contributed by atoms with Gasteiger partial charge in [-0.1, -0.05) is 47.6 Å². The van der Waals surface area contributed by atoms with Gasteiger partial charge in [0.05, 0.1) is 29.2 Å². The van der Waals surface area contributed by atoms with Gasteiger partial charge in [0.1, 0.15) is 5.76 Å². The van der Waals surface area contributed by atoms with Crippen molar-refractivity contribution < 1.29 is 9.21 Å². The van der Waals surface area contributed by atoms with Crippen LogP contribution in [0.5, 0.6) is 0 Å². The fourth-order valence-electron chi connectivity index (χ4n) is 3.13. The lowest BCUT2D eigenvalue weighted by atomic mass is 10.1. The van der Waals surface area contributed by atoms with Crippen LogP contribution in [0.3, 0.4) is 0 Å².